The van der Waals surface area contributed by atoms with E-state index in [9.17, 15) is 4.39 Å². The summed E-state index contributed by atoms with van der Waals surface area (Å²) in [5, 5.41) is 25.8. The molecular formula is C20H19FN4O4. The van der Waals surface area contributed by atoms with E-state index in [2.05, 4.69) is 20.3 Å². The summed E-state index contributed by atoms with van der Waals surface area (Å²) in [4.78, 5) is 7.83. The van der Waals surface area contributed by atoms with Gasteiger partial charge >= 0.3 is 0 Å². The predicted octanol–water partition coefficient (Wildman–Crippen LogP) is 3.21. The number of nitrogens with zero attached hydrogens (tertiary/aromatic N) is 4. The van der Waals surface area contributed by atoms with Gasteiger partial charge in [0, 0.05) is 22.9 Å². The first-order valence-electron chi connectivity index (χ1n) is 8.70. The van der Waals surface area contributed by atoms with E-state index < -0.39 is 0 Å². The van der Waals surface area contributed by atoms with Crippen LogP contribution in [0, 0.1) is 19.7 Å². The Bertz CT molecular complexity index is 1080. The maximum absolute atomic E-state index is 13.4. The minimum atomic E-state index is -0.375. The highest BCUT2D eigenvalue weighted by molar-refractivity contribution is 5.63. The lowest BCUT2D eigenvalue weighted by Crippen LogP contribution is -1.90. The van der Waals surface area contributed by atoms with Crippen LogP contribution in [0.25, 0.3) is 22.6 Å². The number of aryl methyl sites for hydroxylation is 2. The van der Waals surface area contributed by atoms with Crippen LogP contribution in [-0.2, 0) is 13.2 Å². The Balaban J connectivity index is 0.000000166. The van der Waals surface area contributed by atoms with Crippen LogP contribution in [0.4, 0.5) is 4.39 Å². The van der Waals surface area contributed by atoms with Crippen LogP contribution in [0.2, 0.25) is 0 Å². The second-order valence-corrected chi connectivity index (χ2v) is 6.02. The minimum absolute atomic E-state index is 0.103. The third-order valence-electron chi connectivity index (χ3n) is 4.24. The fourth-order valence-corrected chi connectivity index (χ4v) is 2.65. The quantitative estimate of drug-likeness (QED) is 0.538. The highest BCUT2D eigenvalue weighted by Gasteiger charge is 2.16. The lowest BCUT2D eigenvalue weighted by atomic mass is 10.1. The Morgan fingerprint density at radius 3 is 2.10 bits per heavy atom. The number of hydrogen-bond acceptors (Lipinski definition) is 8. The summed E-state index contributed by atoms with van der Waals surface area (Å²) in [6.45, 7) is 3.12. The summed E-state index contributed by atoms with van der Waals surface area (Å²) in [7, 11) is 0. The molecule has 0 atom stereocenters. The zero-order valence-electron chi connectivity index (χ0n) is 15.8. The number of benzene rings is 1. The molecular weight excluding hydrogens is 379 g/mol. The van der Waals surface area contributed by atoms with Crippen molar-refractivity contribution in [2.75, 3.05) is 0 Å². The first kappa shape index (κ1) is 20.3. The zero-order chi connectivity index (χ0) is 20.8. The molecule has 4 rings (SSSR count). The van der Waals surface area contributed by atoms with Gasteiger partial charge in [0.2, 0.25) is 0 Å². The maximum Gasteiger partial charge on any atom is 0.139 e. The Morgan fingerprint density at radius 2 is 1.52 bits per heavy atom. The molecule has 0 saturated heterocycles. The van der Waals surface area contributed by atoms with Gasteiger partial charge in [0.05, 0.1) is 18.9 Å². The topological polar surface area (TPSA) is 118 Å². The van der Waals surface area contributed by atoms with E-state index in [1.165, 1.54) is 12.4 Å². The van der Waals surface area contributed by atoms with E-state index in [1.54, 1.807) is 44.3 Å². The van der Waals surface area contributed by atoms with Gasteiger partial charge in [-0.05, 0) is 32.0 Å². The first-order chi connectivity index (χ1) is 14.1. The molecule has 0 radical (unpaired) electrons. The van der Waals surface area contributed by atoms with Gasteiger partial charge in [-0.2, -0.15) is 0 Å². The number of aliphatic hydroxyl groups excluding tert-OH is 2. The second kappa shape index (κ2) is 9.18. The molecule has 0 bridgehead atoms. The van der Waals surface area contributed by atoms with Gasteiger partial charge in [0.1, 0.15) is 35.1 Å². The zero-order valence-corrected chi connectivity index (χ0v) is 15.8. The van der Waals surface area contributed by atoms with Crippen LogP contribution in [0.15, 0.2) is 51.9 Å². The van der Waals surface area contributed by atoms with E-state index in [-0.39, 0.29) is 19.0 Å². The molecule has 0 unspecified atom stereocenters. The average molecular weight is 398 g/mol. The summed E-state index contributed by atoms with van der Waals surface area (Å²) in [6.07, 6.45) is 3.05. The summed E-state index contributed by atoms with van der Waals surface area (Å²) in [5.74, 6) is 0.748. The standard InChI is InChI=1S/C11H10FNO2.C9H9N3O2/c1-7-9(6-14)11(13-15-7)8-4-2-3-5-10(8)12;1-6-7(4-13)9(12-14-6)8-2-3-10-5-11-8/h2-5,14H,6H2,1H3;2-3,5,13H,4H2,1H3. The smallest absolute Gasteiger partial charge is 0.139 e. The summed E-state index contributed by atoms with van der Waals surface area (Å²) >= 11 is 0. The fourth-order valence-electron chi connectivity index (χ4n) is 2.65. The number of rotatable bonds is 4. The SMILES string of the molecule is Cc1onc(-c2ccccc2F)c1CO.Cc1onc(-c2ccncn2)c1CO. The molecule has 0 aliphatic heterocycles. The Kier molecular flexibility index (Phi) is 6.43. The predicted molar refractivity (Wildman–Crippen MR) is 101 cm³/mol. The highest BCUT2D eigenvalue weighted by Crippen LogP contribution is 2.27. The van der Waals surface area contributed by atoms with Crippen molar-refractivity contribution in [3.63, 3.8) is 0 Å². The fraction of sp³-hybridized carbons (Fsp3) is 0.200. The van der Waals surface area contributed by atoms with Gasteiger partial charge in [-0.15, -0.1) is 0 Å². The number of aromatic nitrogens is 4. The molecule has 0 aliphatic rings. The van der Waals surface area contributed by atoms with E-state index >= 15 is 0 Å². The van der Waals surface area contributed by atoms with Crippen molar-refractivity contribution in [1.29, 1.82) is 0 Å². The molecule has 0 amide bonds. The molecule has 150 valence electrons. The van der Waals surface area contributed by atoms with Crippen LogP contribution in [0.1, 0.15) is 22.6 Å². The van der Waals surface area contributed by atoms with Gasteiger partial charge in [-0.3, -0.25) is 0 Å². The van der Waals surface area contributed by atoms with E-state index in [4.69, 9.17) is 19.3 Å². The van der Waals surface area contributed by atoms with Crippen LogP contribution >= 0.6 is 0 Å². The summed E-state index contributed by atoms with van der Waals surface area (Å²) in [5.41, 5.74) is 3.14. The Morgan fingerprint density at radius 1 is 0.897 bits per heavy atom. The molecule has 1 aromatic carbocycles. The molecule has 0 aliphatic carbocycles. The van der Waals surface area contributed by atoms with E-state index in [0.717, 1.165) is 0 Å². The van der Waals surface area contributed by atoms with Gasteiger partial charge < -0.3 is 19.3 Å². The normalized spacial score (nSPS) is 10.5. The van der Waals surface area contributed by atoms with Crippen molar-refractivity contribution in [1.82, 2.24) is 20.3 Å². The number of hydrogen-bond donors (Lipinski definition) is 2. The van der Waals surface area contributed by atoms with Gasteiger partial charge in [0.25, 0.3) is 0 Å². The molecule has 4 aromatic rings. The third-order valence-corrected chi connectivity index (χ3v) is 4.24. The van der Waals surface area contributed by atoms with Crippen LogP contribution in [0.5, 0.6) is 0 Å². The Labute approximate surface area is 165 Å². The van der Waals surface area contributed by atoms with Crippen LogP contribution in [-0.4, -0.2) is 30.5 Å². The Hall–Kier alpha value is -3.43. The maximum atomic E-state index is 13.4. The summed E-state index contributed by atoms with van der Waals surface area (Å²) in [6, 6.07) is 7.98. The van der Waals surface area contributed by atoms with Crippen molar-refractivity contribution < 1.29 is 23.6 Å². The van der Waals surface area contributed by atoms with Crippen molar-refractivity contribution in [2.24, 2.45) is 0 Å². The molecule has 8 nitrogen and oxygen atoms in total. The van der Waals surface area contributed by atoms with Gasteiger partial charge in [-0.1, -0.05) is 22.4 Å². The van der Waals surface area contributed by atoms with E-state index in [1.807, 2.05) is 0 Å². The molecule has 3 aromatic heterocycles. The van der Waals surface area contributed by atoms with Gasteiger partial charge in [0.15, 0.2) is 0 Å². The monoisotopic (exact) mass is 398 g/mol. The third kappa shape index (κ3) is 4.36. The van der Waals surface area contributed by atoms with Gasteiger partial charge in [-0.25, -0.2) is 14.4 Å². The molecule has 0 fully saturated rings. The van der Waals surface area contributed by atoms with Crippen LogP contribution < -0.4 is 0 Å². The lowest BCUT2D eigenvalue weighted by molar-refractivity contribution is 0.278. The largest absolute Gasteiger partial charge is 0.391 e. The van der Waals surface area contributed by atoms with Crippen molar-refractivity contribution in [3.05, 3.63) is 71.3 Å². The van der Waals surface area contributed by atoms with Crippen molar-refractivity contribution in [2.45, 2.75) is 27.1 Å². The van der Waals surface area contributed by atoms with Crippen LogP contribution in [0.3, 0.4) is 0 Å². The van der Waals surface area contributed by atoms with Crippen molar-refractivity contribution >= 4 is 0 Å². The molecule has 0 saturated carbocycles. The molecule has 3 heterocycles. The average Bonchev–Trinajstić information content (AvgIpc) is 3.31. The minimum Gasteiger partial charge on any atom is -0.391 e. The molecule has 9 heteroatoms. The lowest BCUT2D eigenvalue weighted by Gasteiger charge is -2.00. The van der Waals surface area contributed by atoms with Crippen molar-refractivity contribution in [3.8, 4) is 22.6 Å². The summed E-state index contributed by atoms with van der Waals surface area (Å²) < 4.78 is 23.3. The molecule has 29 heavy (non-hydrogen) atoms. The number of halogens is 1. The molecule has 0 spiro atoms. The number of aliphatic hydroxyl groups is 2. The first-order valence-corrected chi connectivity index (χ1v) is 8.70. The highest BCUT2D eigenvalue weighted by atomic mass is 19.1. The second-order valence-electron chi connectivity index (χ2n) is 6.02. The molecule has 2 N–H and O–H groups in total. The van der Waals surface area contributed by atoms with E-state index in [0.29, 0.717) is 45.3 Å².